The highest BCUT2D eigenvalue weighted by molar-refractivity contribution is 5.10. The Balaban J connectivity index is 2.19. The molecule has 1 N–H and O–H groups in total. The van der Waals surface area contributed by atoms with Crippen LogP contribution in [0.2, 0.25) is 0 Å². The van der Waals surface area contributed by atoms with E-state index in [9.17, 15) is 0 Å². The lowest BCUT2D eigenvalue weighted by atomic mass is 10.2. The summed E-state index contributed by atoms with van der Waals surface area (Å²) in [7, 11) is 0. The molecule has 0 saturated carbocycles. The van der Waals surface area contributed by atoms with E-state index in [1.54, 1.807) is 12.5 Å². The van der Waals surface area contributed by atoms with Crippen LogP contribution in [-0.4, -0.2) is 6.54 Å². The summed E-state index contributed by atoms with van der Waals surface area (Å²) in [6, 6.07) is 2.32. The number of nitrogens with one attached hydrogen (secondary N) is 1. The van der Waals surface area contributed by atoms with E-state index in [0.717, 1.165) is 19.4 Å². The fourth-order valence-electron chi connectivity index (χ4n) is 1.15. The molecule has 0 amide bonds. The summed E-state index contributed by atoms with van der Waals surface area (Å²) in [6.45, 7) is 3.07. The summed E-state index contributed by atoms with van der Waals surface area (Å²) >= 11 is 0. The van der Waals surface area contributed by atoms with Crippen LogP contribution in [0.25, 0.3) is 0 Å². The van der Waals surface area contributed by atoms with Gasteiger partial charge in [-0.1, -0.05) is 0 Å². The SMILES string of the molecule is C#CCCCNC(C)c1ccoc1. The maximum Gasteiger partial charge on any atom is 0.0950 e. The fourth-order valence-corrected chi connectivity index (χ4v) is 1.15. The van der Waals surface area contributed by atoms with Crippen LogP contribution in [0.4, 0.5) is 0 Å². The third-order valence-electron chi connectivity index (χ3n) is 1.99. The van der Waals surface area contributed by atoms with E-state index in [1.165, 1.54) is 5.56 Å². The van der Waals surface area contributed by atoms with E-state index in [4.69, 9.17) is 10.8 Å². The molecule has 0 bridgehead atoms. The highest BCUT2D eigenvalue weighted by atomic mass is 16.3. The summed E-state index contributed by atoms with van der Waals surface area (Å²) in [5.74, 6) is 2.62. The molecule has 13 heavy (non-hydrogen) atoms. The largest absolute Gasteiger partial charge is 0.472 e. The predicted octanol–water partition coefficient (Wildman–Crippen LogP) is 2.34. The molecule has 0 fully saturated rings. The summed E-state index contributed by atoms with van der Waals surface area (Å²) in [5.41, 5.74) is 1.18. The third-order valence-corrected chi connectivity index (χ3v) is 1.99. The van der Waals surface area contributed by atoms with Gasteiger partial charge in [-0.3, -0.25) is 0 Å². The van der Waals surface area contributed by atoms with E-state index >= 15 is 0 Å². The molecule has 0 radical (unpaired) electrons. The second kappa shape index (κ2) is 5.45. The molecular weight excluding hydrogens is 162 g/mol. The number of unbranched alkanes of at least 4 members (excludes halogenated alkanes) is 1. The van der Waals surface area contributed by atoms with Crippen LogP contribution in [0.3, 0.4) is 0 Å². The standard InChI is InChI=1S/C11H15NO/c1-3-4-5-7-12-10(2)11-6-8-13-9-11/h1,6,8-10,12H,4-5,7H2,2H3. The van der Waals surface area contributed by atoms with Crippen LogP contribution >= 0.6 is 0 Å². The van der Waals surface area contributed by atoms with Gasteiger partial charge in [-0.25, -0.2) is 0 Å². The number of hydrogen-bond donors (Lipinski definition) is 1. The molecule has 1 aromatic heterocycles. The van der Waals surface area contributed by atoms with E-state index in [-0.39, 0.29) is 0 Å². The van der Waals surface area contributed by atoms with Crippen LogP contribution in [0, 0.1) is 12.3 Å². The van der Waals surface area contributed by atoms with E-state index in [0.29, 0.717) is 6.04 Å². The minimum Gasteiger partial charge on any atom is -0.472 e. The van der Waals surface area contributed by atoms with Gasteiger partial charge >= 0.3 is 0 Å². The van der Waals surface area contributed by atoms with Crippen molar-refractivity contribution in [3.05, 3.63) is 24.2 Å². The Morgan fingerprint density at radius 2 is 2.54 bits per heavy atom. The molecule has 0 spiro atoms. The van der Waals surface area contributed by atoms with Gasteiger partial charge in [0, 0.05) is 18.0 Å². The average Bonchev–Trinajstić information content (AvgIpc) is 2.65. The lowest BCUT2D eigenvalue weighted by Crippen LogP contribution is -2.19. The highest BCUT2D eigenvalue weighted by Crippen LogP contribution is 2.11. The van der Waals surface area contributed by atoms with Gasteiger partial charge in [-0.2, -0.15) is 0 Å². The van der Waals surface area contributed by atoms with E-state index < -0.39 is 0 Å². The topological polar surface area (TPSA) is 25.2 Å². The normalized spacial score (nSPS) is 12.3. The number of rotatable bonds is 5. The smallest absolute Gasteiger partial charge is 0.0950 e. The number of terminal acetylenes is 1. The third kappa shape index (κ3) is 3.35. The lowest BCUT2D eigenvalue weighted by Gasteiger charge is -2.10. The zero-order chi connectivity index (χ0) is 9.52. The van der Waals surface area contributed by atoms with Gasteiger partial charge in [0.15, 0.2) is 0 Å². The molecule has 0 aliphatic carbocycles. The lowest BCUT2D eigenvalue weighted by molar-refractivity contribution is 0.534. The Morgan fingerprint density at radius 1 is 1.69 bits per heavy atom. The second-order valence-electron chi connectivity index (χ2n) is 3.04. The Kier molecular flexibility index (Phi) is 4.14. The summed E-state index contributed by atoms with van der Waals surface area (Å²) < 4.78 is 4.99. The van der Waals surface area contributed by atoms with E-state index in [2.05, 4.69) is 18.2 Å². The second-order valence-corrected chi connectivity index (χ2v) is 3.04. The molecule has 1 aromatic rings. The van der Waals surface area contributed by atoms with Crippen molar-refractivity contribution in [1.29, 1.82) is 0 Å². The van der Waals surface area contributed by atoms with Gasteiger partial charge in [0.1, 0.15) is 0 Å². The first-order valence-electron chi connectivity index (χ1n) is 4.53. The Bertz CT molecular complexity index is 258. The number of hydrogen-bond acceptors (Lipinski definition) is 2. The average molecular weight is 177 g/mol. The van der Waals surface area contributed by atoms with Crippen molar-refractivity contribution in [3.63, 3.8) is 0 Å². The Morgan fingerprint density at radius 3 is 3.15 bits per heavy atom. The quantitative estimate of drug-likeness (QED) is 0.551. The van der Waals surface area contributed by atoms with Gasteiger partial charge in [-0.05, 0) is 26.0 Å². The van der Waals surface area contributed by atoms with Gasteiger partial charge in [-0.15, -0.1) is 12.3 Å². The molecule has 1 unspecified atom stereocenters. The van der Waals surface area contributed by atoms with E-state index in [1.807, 2.05) is 6.07 Å². The van der Waals surface area contributed by atoms with Crippen LogP contribution in [-0.2, 0) is 0 Å². The van der Waals surface area contributed by atoms with Crippen molar-refractivity contribution in [2.45, 2.75) is 25.8 Å². The maximum atomic E-state index is 5.15. The first-order chi connectivity index (χ1) is 6.34. The molecule has 70 valence electrons. The van der Waals surface area contributed by atoms with Crippen LogP contribution in [0.15, 0.2) is 23.0 Å². The van der Waals surface area contributed by atoms with Crippen molar-refractivity contribution in [2.75, 3.05) is 6.54 Å². The Hall–Kier alpha value is -1.20. The van der Waals surface area contributed by atoms with Crippen LogP contribution in [0.5, 0.6) is 0 Å². The molecule has 1 heterocycles. The fraction of sp³-hybridized carbons (Fsp3) is 0.455. The molecule has 1 rings (SSSR count). The zero-order valence-electron chi connectivity index (χ0n) is 7.92. The van der Waals surface area contributed by atoms with Crippen molar-refractivity contribution in [3.8, 4) is 12.3 Å². The molecule has 0 aromatic carbocycles. The maximum absolute atomic E-state index is 5.15. The number of furan rings is 1. The van der Waals surface area contributed by atoms with Crippen molar-refractivity contribution >= 4 is 0 Å². The first kappa shape index (κ1) is 9.88. The Labute approximate surface area is 79.3 Å². The molecular formula is C11H15NO. The molecule has 2 heteroatoms. The van der Waals surface area contributed by atoms with Crippen LogP contribution < -0.4 is 5.32 Å². The van der Waals surface area contributed by atoms with Crippen LogP contribution in [0.1, 0.15) is 31.4 Å². The molecule has 1 atom stereocenters. The van der Waals surface area contributed by atoms with Gasteiger partial charge in [0.2, 0.25) is 0 Å². The summed E-state index contributed by atoms with van der Waals surface area (Å²) in [5, 5.41) is 3.36. The highest BCUT2D eigenvalue weighted by Gasteiger charge is 2.03. The van der Waals surface area contributed by atoms with Gasteiger partial charge in [0.25, 0.3) is 0 Å². The minimum atomic E-state index is 0.344. The minimum absolute atomic E-state index is 0.344. The zero-order valence-corrected chi connectivity index (χ0v) is 7.92. The molecule has 0 aliphatic rings. The molecule has 0 saturated heterocycles. The van der Waals surface area contributed by atoms with Crippen molar-refractivity contribution < 1.29 is 4.42 Å². The predicted molar refractivity (Wildman–Crippen MR) is 53.2 cm³/mol. The summed E-state index contributed by atoms with van der Waals surface area (Å²) in [6.07, 6.45) is 10.5. The summed E-state index contributed by atoms with van der Waals surface area (Å²) in [4.78, 5) is 0. The van der Waals surface area contributed by atoms with Crippen molar-refractivity contribution in [2.24, 2.45) is 0 Å². The monoisotopic (exact) mass is 177 g/mol. The first-order valence-corrected chi connectivity index (χ1v) is 4.53. The molecule has 2 nitrogen and oxygen atoms in total. The van der Waals surface area contributed by atoms with Gasteiger partial charge in [0.05, 0.1) is 12.5 Å². The molecule has 0 aliphatic heterocycles. The van der Waals surface area contributed by atoms with Gasteiger partial charge < -0.3 is 9.73 Å². The van der Waals surface area contributed by atoms with Crippen molar-refractivity contribution in [1.82, 2.24) is 5.32 Å².